The number of carbonyl (C=O) groups is 1. The van der Waals surface area contributed by atoms with Gasteiger partial charge in [0.1, 0.15) is 0 Å². The fraction of sp³-hybridized carbons (Fsp3) is 0.500. The minimum absolute atomic E-state index is 0.0616. The second-order valence-electron chi connectivity index (χ2n) is 5.40. The maximum atomic E-state index is 12.2. The molecule has 0 unspecified atom stereocenters. The van der Waals surface area contributed by atoms with Crippen molar-refractivity contribution >= 4 is 31.9 Å². The van der Waals surface area contributed by atoms with E-state index in [1.54, 1.807) is 0 Å². The van der Waals surface area contributed by atoms with Crippen LogP contribution in [0.15, 0.2) is 27.6 Å². The lowest BCUT2D eigenvalue weighted by atomic mass is 9.89. The van der Waals surface area contributed by atoms with E-state index in [2.05, 4.69) is 21.2 Å². The van der Waals surface area contributed by atoms with Crippen molar-refractivity contribution in [1.29, 1.82) is 0 Å². The SMILES string of the molecule is NS(=O)(=O)c1ccc(Br)c(C(=O)NCC2CCCCC2)c1. The first-order valence-corrected chi connectivity index (χ1v) is 9.32. The van der Waals surface area contributed by atoms with E-state index in [1.807, 2.05) is 0 Å². The highest BCUT2D eigenvalue weighted by Crippen LogP contribution is 2.24. The third-order valence-corrected chi connectivity index (χ3v) is 5.39. The van der Waals surface area contributed by atoms with E-state index in [1.165, 1.54) is 37.5 Å². The number of amides is 1. The summed E-state index contributed by atoms with van der Waals surface area (Å²) >= 11 is 3.27. The third kappa shape index (κ3) is 4.52. The first-order valence-electron chi connectivity index (χ1n) is 6.98. The van der Waals surface area contributed by atoms with Gasteiger partial charge in [0.05, 0.1) is 10.5 Å². The predicted molar refractivity (Wildman–Crippen MR) is 84.4 cm³/mol. The molecule has 7 heteroatoms. The Labute approximate surface area is 133 Å². The van der Waals surface area contributed by atoms with Gasteiger partial charge in [-0.3, -0.25) is 4.79 Å². The molecule has 1 aromatic rings. The fourth-order valence-electron chi connectivity index (χ4n) is 2.58. The van der Waals surface area contributed by atoms with Crippen molar-refractivity contribution in [3.63, 3.8) is 0 Å². The summed E-state index contributed by atoms with van der Waals surface area (Å²) < 4.78 is 23.3. The number of nitrogens with one attached hydrogen (secondary N) is 1. The number of carbonyl (C=O) groups excluding carboxylic acids is 1. The molecule has 0 aromatic heterocycles. The third-order valence-electron chi connectivity index (χ3n) is 3.79. The number of sulfonamides is 1. The minimum atomic E-state index is -3.81. The average Bonchev–Trinajstić information content (AvgIpc) is 2.45. The van der Waals surface area contributed by atoms with Crippen molar-refractivity contribution in [1.82, 2.24) is 5.32 Å². The highest BCUT2D eigenvalue weighted by Gasteiger charge is 2.18. The topological polar surface area (TPSA) is 89.3 Å². The maximum Gasteiger partial charge on any atom is 0.252 e. The summed E-state index contributed by atoms with van der Waals surface area (Å²) in [6.45, 7) is 0.630. The Kier molecular flexibility index (Phi) is 5.40. The molecule has 1 fully saturated rings. The molecule has 1 aliphatic rings. The molecule has 3 N–H and O–H groups in total. The van der Waals surface area contributed by atoms with Gasteiger partial charge in [0.2, 0.25) is 10.0 Å². The molecule has 0 aliphatic heterocycles. The van der Waals surface area contributed by atoms with Crippen LogP contribution in [0.5, 0.6) is 0 Å². The zero-order chi connectivity index (χ0) is 15.5. The van der Waals surface area contributed by atoms with E-state index in [-0.39, 0.29) is 16.4 Å². The highest BCUT2D eigenvalue weighted by atomic mass is 79.9. The smallest absolute Gasteiger partial charge is 0.252 e. The highest BCUT2D eigenvalue weighted by molar-refractivity contribution is 9.10. The molecule has 0 bridgehead atoms. The van der Waals surface area contributed by atoms with E-state index in [0.29, 0.717) is 16.9 Å². The van der Waals surface area contributed by atoms with Crippen LogP contribution in [0.1, 0.15) is 42.5 Å². The first kappa shape index (κ1) is 16.5. The number of hydrogen-bond donors (Lipinski definition) is 2. The Bertz CT molecular complexity index is 625. The number of hydrogen-bond acceptors (Lipinski definition) is 3. The van der Waals surface area contributed by atoms with Gasteiger partial charge in [-0.2, -0.15) is 0 Å². The number of nitrogens with two attached hydrogens (primary N) is 1. The zero-order valence-electron chi connectivity index (χ0n) is 11.6. The summed E-state index contributed by atoms with van der Waals surface area (Å²) in [6, 6.07) is 4.20. The maximum absolute atomic E-state index is 12.2. The van der Waals surface area contributed by atoms with Gasteiger partial charge in [0.15, 0.2) is 0 Å². The molecular weight excluding hydrogens is 356 g/mol. The summed E-state index contributed by atoms with van der Waals surface area (Å²) in [5.74, 6) is 0.237. The second-order valence-corrected chi connectivity index (χ2v) is 7.82. The van der Waals surface area contributed by atoms with Crippen molar-refractivity contribution in [3.05, 3.63) is 28.2 Å². The van der Waals surface area contributed by atoms with Crippen LogP contribution >= 0.6 is 15.9 Å². The molecule has 1 amide bonds. The number of primary sulfonamides is 1. The van der Waals surface area contributed by atoms with Crippen LogP contribution in [-0.4, -0.2) is 20.9 Å². The van der Waals surface area contributed by atoms with Crippen molar-refractivity contribution in [2.45, 2.75) is 37.0 Å². The number of rotatable bonds is 4. The summed E-state index contributed by atoms with van der Waals surface area (Å²) in [7, 11) is -3.81. The van der Waals surface area contributed by atoms with Gasteiger partial charge >= 0.3 is 0 Å². The first-order chi connectivity index (χ1) is 9.88. The standard InChI is InChI=1S/C14H19BrN2O3S/c15-13-7-6-11(21(16,19)20)8-12(13)14(18)17-9-10-4-2-1-3-5-10/h6-8,10H,1-5,9H2,(H,17,18)(H2,16,19,20). The molecule has 116 valence electrons. The van der Waals surface area contributed by atoms with Crippen LogP contribution < -0.4 is 10.5 Å². The Balaban J connectivity index is 2.07. The molecule has 21 heavy (non-hydrogen) atoms. The lowest BCUT2D eigenvalue weighted by Gasteiger charge is -2.21. The number of benzene rings is 1. The summed E-state index contributed by atoms with van der Waals surface area (Å²) in [4.78, 5) is 12.1. The van der Waals surface area contributed by atoms with Crippen LogP contribution in [0.3, 0.4) is 0 Å². The average molecular weight is 375 g/mol. The largest absolute Gasteiger partial charge is 0.352 e. The van der Waals surface area contributed by atoms with Crippen molar-refractivity contribution in [2.75, 3.05) is 6.54 Å². The fourth-order valence-corrected chi connectivity index (χ4v) is 3.55. The van der Waals surface area contributed by atoms with Gasteiger partial charge in [-0.25, -0.2) is 13.6 Å². The lowest BCUT2D eigenvalue weighted by molar-refractivity contribution is 0.0942. The quantitative estimate of drug-likeness (QED) is 0.847. The van der Waals surface area contributed by atoms with E-state index in [0.717, 1.165) is 12.8 Å². The number of halogens is 1. The van der Waals surface area contributed by atoms with Crippen molar-refractivity contribution in [3.8, 4) is 0 Å². The monoisotopic (exact) mass is 374 g/mol. The van der Waals surface area contributed by atoms with Crippen LogP contribution in [0.2, 0.25) is 0 Å². The molecule has 1 saturated carbocycles. The molecule has 0 atom stereocenters. The molecule has 1 aromatic carbocycles. The Hall–Kier alpha value is -0.920. The van der Waals surface area contributed by atoms with Crippen LogP contribution in [0, 0.1) is 5.92 Å². The molecule has 0 spiro atoms. The Morgan fingerprint density at radius 2 is 1.95 bits per heavy atom. The minimum Gasteiger partial charge on any atom is -0.352 e. The normalized spacial score (nSPS) is 16.7. The van der Waals surface area contributed by atoms with E-state index in [9.17, 15) is 13.2 Å². The molecule has 5 nitrogen and oxygen atoms in total. The van der Waals surface area contributed by atoms with E-state index in [4.69, 9.17) is 5.14 Å². The van der Waals surface area contributed by atoms with Gasteiger partial charge in [-0.15, -0.1) is 0 Å². The van der Waals surface area contributed by atoms with Crippen LogP contribution in [0.4, 0.5) is 0 Å². The predicted octanol–water partition coefficient (Wildman–Crippen LogP) is 2.41. The molecule has 0 saturated heterocycles. The van der Waals surface area contributed by atoms with Gasteiger partial charge in [0.25, 0.3) is 5.91 Å². The van der Waals surface area contributed by atoms with E-state index >= 15 is 0 Å². The molecular formula is C14H19BrN2O3S. The van der Waals surface area contributed by atoms with Crippen LogP contribution in [0.25, 0.3) is 0 Å². The van der Waals surface area contributed by atoms with Crippen molar-refractivity contribution in [2.24, 2.45) is 11.1 Å². The summed E-state index contributed by atoms with van der Waals surface area (Å²) in [5, 5.41) is 7.98. The van der Waals surface area contributed by atoms with Crippen LogP contribution in [-0.2, 0) is 10.0 Å². The Morgan fingerprint density at radius 3 is 2.57 bits per heavy atom. The molecule has 0 heterocycles. The van der Waals surface area contributed by atoms with Gasteiger partial charge < -0.3 is 5.32 Å². The van der Waals surface area contributed by atoms with Gasteiger partial charge in [0, 0.05) is 11.0 Å². The van der Waals surface area contributed by atoms with Gasteiger partial charge in [-0.1, -0.05) is 19.3 Å². The zero-order valence-corrected chi connectivity index (χ0v) is 14.0. The molecule has 2 rings (SSSR count). The summed E-state index contributed by atoms with van der Waals surface area (Å²) in [5.41, 5.74) is 0.289. The Morgan fingerprint density at radius 1 is 1.29 bits per heavy atom. The van der Waals surface area contributed by atoms with Gasteiger partial charge in [-0.05, 0) is 52.9 Å². The summed E-state index contributed by atoms with van der Waals surface area (Å²) in [6.07, 6.45) is 5.97. The van der Waals surface area contributed by atoms with Crippen molar-refractivity contribution < 1.29 is 13.2 Å². The molecule has 1 aliphatic carbocycles. The second kappa shape index (κ2) is 6.89. The molecule has 0 radical (unpaired) electrons. The lowest BCUT2D eigenvalue weighted by Crippen LogP contribution is -2.30. The van der Waals surface area contributed by atoms with E-state index < -0.39 is 10.0 Å².